The monoisotopic (exact) mass is 512 g/mol. The third-order valence-corrected chi connectivity index (χ3v) is 5.72. The third-order valence-electron chi connectivity index (χ3n) is 5.05. The van der Waals surface area contributed by atoms with E-state index in [-0.39, 0.29) is 17.9 Å². The molecule has 0 aliphatic heterocycles. The molecule has 0 saturated heterocycles. The minimum atomic E-state index is -4.26. The lowest BCUT2D eigenvalue weighted by Crippen LogP contribution is -2.12. The summed E-state index contributed by atoms with van der Waals surface area (Å²) in [4.78, 5) is 11.2. The van der Waals surface area contributed by atoms with E-state index in [1.807, 2.05) is 0 Å². The molecule has 0 spiro atoms. The number of ether oxygens (including phenoxy) is 2. The van der Waals surface area contributed by atoms with Gasteiger partial charge in [0, 0.05) is 22.9 Å². The van der Waals surface area contributed by atoms with Gasteiger partial charge in [-0.3, -0.25) is 0 Å². The number of benzene rings is 3. The number of phenolic OH excluding ortho intramolecular Hbond substituents is 1. The van der Waals surface area contributed by atoms with Crippen molar-refractivity contribution in [3.63, 3.8) is 0 Å². The Labute approximate surface area is 204 Å². The number of phenols is 1. The summed E-state index contributed by atoms with van der Waals surface area (Å²) in [5, 5.41) is 11.0. The largest absolute Gasteiger partial charge is 0.508 e. The lowest BCUT2D eigenvalue weighted by molar-refractivity contribution is -0.142. The highest BCUT2D eigenvalue weighted by Crippen LogP contribution is 2.33. The molecule has 0 atom stereocenters. The fourth-order valence-electron chi connectivity index (χ4n) is 3.35. The van der Waals surface area contributed by atoms with Crippen LogP contribution in [0.3, 0.4) is 0 Å². The summed E-state index contributed by atoms with van der Waals surface area (Å²) in [6.45, 7) is -0.277. The molecule has 0 heterocycles. The van der Waals surface area contributed by atoms with Gasteiger partial charge < -0.3 is 14.6 Å². The molecule has 34 heavy (non-hydrogen) atoms. The van der Waals surface area contributed by atoms with Gasteiger partial charge >= 0.3 is 12.1 Å². The highest BCUT2D eigenvalue weighted by atomic mass is 35.5. The molecular weight excluding hydrogens is 492 g/mol. The molecule has 0 saturated carbocycles. The zero-order valence-electron chi connectivity index (χ0n) is 18.1. The van der Waals surface area contributed by atoms with Crippen molar-refractivity contribution in [1.29, 1.82) is 0 Å². The van der Waals surface area contributed by atoms with Crippen LogP contribution in [0.2, 0.25) is 10.0 Å². The third kappa shape index (κ3) is 7.30. The average molecular weight is 513 g/mol. The van der Waals surface area contributed by atoms with Crippen molar-refractivity contribution in [3.8, 4) is 11.5 Å². The SMILES string of the molecule is COC(=O)COc1cc(Cl)c(Cc2ccc(O)c(Cc3ccc(CC(F)(F)F)cc3)c2)c(Cl)c1. The molecule has 0 unspecified atom stereocenters. The van der Waals surface area contributed by atoms with Crippen molar-refractivity contribution in [2.75, 3.05) is 13.7 Å². The lowest BCUT2D eigenvalue weighted by atomic mass is 9.97. The number of aromatic hydroxyl groups is 1. The molecule has 0 bridgehead atoms. The predicted octanol–water partition coefficient (Wildman–Crippen LogP) is 6.54. The number of alkyl halides is 3. The molecule has 0 fully saturated rings. The van der Waals surface area contributed by atoms with Crippen LogP contribution < -0.4 is 4.74 Å². The molecule has 9 heteroatoms. The summed E-state index contributed by atoms with van der Waals surface area (Å²) in [6.07, 6.45) is -4.54. The summed E-state index contributed by atoms with van der Waals surface area (Å²) < 4.78 is 47.5. The van der Waals surface area contributed by atoms with Gasteiger partial charge in [-0.2, -0.15) is 13.2 Å². The quantitative estimate of drug-likeness (QED) is 0.348. The Balaban J connectivity index is 1.74. The van der Waals surface area contributed by atoms with Crippen molar-refractivity contribution in [2.45, 2.75) is 25.4 Å². The van der Waals surface area contributed by atoms with Crippen molar-refractivity contribution in [3.05, 3.63) is 92.5 Å². The van der Waals surface area contributed by atoms with Gasteiger partial charge in [0.2, 0.25) is 0 Å². The first-order valence-corrected chi connectivity index (χ1v) is 10.9. The zero-order chi connectivity index (χ0) is 24.9. The standard InChI is InChI=1S/C25H21Cl2F3O4/c1-33-24(32)14-34-19-11-21(26)20(22(27)12-19)10-17-6-7-23(31)18(9-17)8-15-2-4-16(5-3-15)13-25(28,29)30/h2-7,9,11-12,31H,8,10,13-14H2,1H3. The van der Waals surface area contributed by atoms with Crippen LogP contribution in [0.25, 0.3) is 0 Å². The molecule has 0 aromatic heterocycles. The number of esters is 1. The number of carbonyl (C=O) groups is 1. The van der Waals surface area contributed by atoms with Gasteiger partial charge in [0.25, 0.3) is 0 Å². The number of methoxy groups -OCH3 is 1. The highest BCUT2D eigenvalue weighted by molar-refractivity contribution is 6.36. The van der Waals surface area contributed by atoms with Crippen molar-refractivity contribution in [1.82, 2.24) is 0 Å². The predicted molar refractivity (Wildman–Crippen MR) is 124 cm³/mol. The summed E-state index contributed by atoms with van der Waals surface area (Å²) in [5.74, 6) is -0.140. The van der Waals surface area contributed by atoms with Crippen LogP contribution in [0.1, 0.15) is 27.8 Å². The Morgan fingerprint density at radius 3 is 2.09 bits per heavy atom. The average Bonchev–Trinajstić information content (AvgIpc) is 2.77. The molecule has 3 aromatic carbocycles. The number of carbonyl (C=O) groups excluding carboxylic acids is 1. The first-order valence-electron chi connectivity index (χ1n) is 10.2. The highest BCUT2D eigenvalue weighted by Gasteiger charge is 2.27. The summed E-state index contributed by atoms with van der Waals surface area (Å²) >= 11 is 12.8. The van der Waals surface area contributed by atoms with E-state index in [4.69, 9.17) is 27.9 Å². The van der Waals surface area contributed by atoms with E-state index in [0.29, 0.717) is 39.8 Å². The van der Waals surface area contributed by atoms with Gasteiger partial charge in [-0.15, -0.1) is 0 Å². The Hall–Kier alpha value is -2.90. The van der Waals surface area contributed by atoms with E-state index in [0.717, 1.165) is 11.1 Å². The summed E-state index contributed by atoms with van der Waals surface area (Å²) in [6, 6.07) is 14.3. The smallest absolute Gasteiger partial charge is 0.393 e. The Morgan fingerprint density at radius 2 is 1.50 bits per heavy atom. The topological polar surface area (TPSA) is 55.8 Å². The van der Waals surface area contributed by atoms with E-state index >= 15 is 0 Å². The van der Waals surface area contributed by atoms with Crippen LogP contribution in [0.4, 0.5) is 13.2 Å². The van der Waals surface area contributed by atoms with Crippen LogP contribution in [-0.2, 0) is 28.8 Å². The van der Waals surface area contributed by atoms with Gasteiger partial charge in [0.1, 0.15) is 11.5 Å². The number of rotatable bonds is 8. The molecule has 3 rings (SSSR count). The van der Waals surface area contributed by atoms with Crippen LogP contribution in [0.5, 0.6) is 11.5 Å². The van der Waals surface area contributed by atoms with E-state index < -0.39 is 18.6 Å². The van der Waals surface area contributed by atoms with Crippen LogP contribution in [0.15, 0.2) is 54.6 Å². The van der Waals surface area contributed by atoms with Gasteiger partial charge in [-0.05, 0) is 46.0 Å². The number of hydrogen-bond acceptors (Lipinski definition) is 4. The Bertz CT molecular complexity index is 1140. The molecule has 0 aliphatic carbocycles. The van der Waals surface area contributed by atoms with E-state index in [2.05, 4.69) is 4.74 Å². The minimum absolute atomic E-state index is 0.0758. The Morgan fingerprint density at radius 1 is 0.912 bits per heavy atom. The fraction of sp³-hybridized carbons (Fsp3) is 0.240. The number of hydrogen-bond donors (Lipinski definition) is 1. The first kappa shape index (κ1) is 25.7. The molecule has 1 N–H and O–H groups in total. The van der Waals surface area contributed by atoms with E-state index in [1.165, 1.54) is 19.2 Å². The fourth-order valence-corrected chi connectivity index (χ4v) is 3.95. The van der Waals surface area contributed by atoms with Crippen molar-refractivity contribution < 1.29 is 32.5 Å². The van der Waals surface area contributed by atoms with E-state index in [9.17, 15) is 23.1 Å². The zero-order valence-corrected chi connectivity index (χ0v) is 19.6. The molecule has 0 amide bonds. The van der Waals surface area contributed by atoms with Gasteiger partial charge in [-0.1, -0.05) is 59.6 Å². The second-order valence-electron chi connectivity index (χ2n) is 7.66. The maximum absolute atomic E-state index is 12.6. The summed E-state index contributed by atoms with van der Waals surface area (Å²) in [5.41, 5.74) is 3.03. The molecule has 0 aliphatic rings. The Kier molecular flexibility index (Phi) is 8.33. The lowest BCUT2D eigenvalue weighted by Gasteiger charge is -2.13. The van der Waals surface area contributed by atoms with Crippen LogP contribution >= 0.6 is 23.2 Å². The van der Waals surface area contributed by atoms with Gasteiger partial charge in [-0.25, -0.2) is 4.79 Å². The first-order chi connectivity index (χ1) is 16.0. The molecule has 0 radical (unpaired) electrons. The summed E-state index contributed by atoms with van der Waals surface area (Å²) in [7, 11) is 1.25. The maximum atomic E-state index is 12.6. The van der Waals surface area contributed by atoms with E-state index in [1.54, 1.807) is 42.5 Å². The van der Waals surface area contributed by atoms with Gasteiger partial charge in [0.05, 0.1) is 13.5 Å². The van der Waals surface area contributed by atoms with Crippen molar-refractivity contribution >= 4 is 29.2 Å². The molecular formula is C25H21Cl2F3O4. The molecule has 180 valence electrons. The normalized spacial score (nSPS) is 11.4. The maximum Gasteiger partial charge on any atom is 0.393 e. The van der Waals surface area contributed by atoms with Gasteiger partial charge in [0.15, 0.2) is 6.61 Å². The van der Waals surface area contributed by atoms with Crippen LogP contribution in [0, 0.1) is 0 Å². The second kappa shape index (κ2) is 11.0. The number of halogens is 5. The molecule has 3 aromatic rings. The molecule has 4 nitrogen and oxygen atoms in total. The second-order valence-corrected chi connectivity index (χ2v) is 8.47. The van der Waals surface area contributed by atoms with Crippen LogP contribution in [-0.4, -0.2) is 31.0 Å². The minimum Gasteiger partial charge on any atom is -0.508 e. The van der Waals surface area contributed by atoms with Crippen molar-refractivity contribution in [2.24, 2.45) is 0 Å².